The first kappa shape index (κ1) is 22.3. The van der Waals surface area contributed by atoms with Gasteiger partial charge in [0.25, 0.3) is 11.8 Å². The number of ether oxygens (including phenoxy) is 2. The number of amides is 3. The molecule has 2 aliphatic rings. The van der Waals surface area contributed by atoms with Gasteiger partial charge in [0.1, 0.15) is 18.9 Å². The van der Waals surface area contributed by atoms with Crippen LogP contribution in [0.2, 0.25) is 0 Å². The van der Waals surface area contributed by atoms with Crippen molar-refractivity contribution in [3.05, 3.63) is 95.7 Å². The molecule has 3 aromatic carbocycles. The fraction of sp³-hybridized carbons (Fsp3) is 0.0714. The Morgan fingerprint density at radius 1 is 0.946 bits per heavy atom. The second kappa shape index (κ2) is 9.12. The minimum atomic E-state index is -0.537. The zero-order chi connectivity index (χ0) is 25.4. The highest BCUT2D eigenvalue weighted by Gasteiger charge is 2.29. The van der Waals surface area contributed by atoms with E-state index in [0.29, 0.717) is 36.0 Å². The van der Waals surface area contributed by atoms with Crippen LogP contribution in [0, 0.1) is 0 Å². The van der Waals surface area contributed by atoms with Crippen LogP contribution in [0.25, 0.3) is 23.0 Å². The van der Waals surface area contributed by atoms with E-state index >= 15 is 0 Å². The molecule has 2 N–H and O–H groups in total. The van der Waals surface area contributed by atoms with E-state index in [1.165, 1.54) is 6.08 Å². The van der Waals surface area contributed by atoms with Gasteiger partial charge in [-0.25, -0.2) is 4.68 Å². The number of rotatable bonds is 5. The Labute approximate surface area is 211 Å². The molecular weight excluding hydrogens is 472 g/mol. The van der Waals surface area contributed by atoms with Gasteiger partial charge in [0.05, 0.1) is 22.5 Å². The summed E-state index contributed by atoms with van der Waals surface area (Å²) in [6.07, 6.45) is 4.85. The van der Waals surface area contributed by atoms with Crippen molar-refractivity contribution < 1.29 is 23.9 Å². The van der Waals surface area contributed by atoms with Crippen molar-refractivity contribution in [2.24, 2.45) is 0 Å². The molecule has 0 saturated heterocycles. The van der Waals surface area contributed by atoms with Crippen molar-refractivity contribution in [1.82, 2.24) is 15.1 Å². The summed E-state index contributed by atoms with van der Waals surface area (Å²) in [4.78, 5) is 36.9. The highest BCUT2D eigenvalue weighted by molar-refractivity contribution is 6.24. The summed E-state index contributed by atoms with van der Waals surface area (Å²) >= 11 is 0. The van der Waals surface area contributed by atoms with Gasteiger partial charge < -0.3 is 14.8 Å². The highest BCUT2D eigenvalue weighted by atomic mass is 16.6. The molecule has 0 unspecified atom stereocenters. The Morgan fingerprint density at radius 3 is 2.59 bits per heavy atom. The number of nitrogens with zero attached hydrogens (tertiary/aromatic N) is 2. The number of carbonyl (C=O) groups is 3. The lowest BCUT2D eigenvalue weighted by molar-refractivity contribution is -0.111. The van der Waals surface area contributed by atoms with Crippen LogP contribution in [-0.4, -0.2) is 40.7 Å². The van der Waals surface area contributed by atoms with Crippen LogP contribution in [0.1, 0.15) is 26.3 Å². The summed E-state index contributed by atoms with van der Waals surface area (Å²) in [5.41, 5.74) is 3.66. The molecule has 0 bridgehead atoms. The van der Waals surface area contributed by atoms with E-state index < -0.39 is 17.7 Å². The molecule has 9 nitrogen and oxygen atoms in total. The summed E-state index contributed by atoms with van der Waals surface area (Å²) in [6.45, 7) is 0.965. The van der Waals surface area contributed by atoms with Gasteiger partial charge in [0.2, 0.25) is 5.91 Å². The van der Waals surface area contributed by atoms with E-state index in [9.17, 15) is 14.4 Å². The molecule has 37 heavy (non-hydrogen) atoms. The molecule has 0 fully saturated rings. The van der Waals surface area contributed by atoms with Crippen LogP contribution in [0.3, 0.4) is 0 Å². The Kier molecular flexibility index (Phi) is 5.49. The quantitative estimate of drug-likeness (QED) is 0.323. The summed E-state index contributed by atoms with van der Waals surface area (Å²) < 4.78 is 13.1. The zero-order valence-corrected chi connectivity index (χ0v) is 19.4. The fourth-order valence-corrected chi connectivity index (χ4v) is 4.30. The average Bonchev–Trinajstić information content (AvgIpc) is 3.49. The number of fused-ring (bicyclic) bond motifs is 2. The van der Waals surface area contributed by atoms with Crippen LogP contribution in [0.4, 0.5) is 5.69 Å². The lowest BCUT2D eigenvalue weighted by atomic mass is 10.1. The van der Waals surface area contributed by atoms with Crippen molar-refractivity contribution >= 4 is 29.5 Å². The van der Waals surface area contributed by atoms with Gasteiger partial charge in [0.15, 0.2) is 11.5 Å². The third-order valence-corrected chi connectivity index (χ3v) is 6.01. The van der Waals surface area contributed by atoms with E-state index in [-0.39, 0.29) is 16.8 Å². The maximum Gasteiger partial charge on any atom is 0.261 e. The lowest BCUT2D eigenvalue weighted by Gasteiger charge is -2.18. The molecule has 2 aliphatic heterocycles. The first-order valence-corrected chi connectivity index (χ1v) is 11.6. The number of nitrogens with one attached hydrogen (secondary N) is 2. The van der Waals surface area contributed by atoms with Crippen molar-refractivity contribution in [3.8, 4) is 28.4 Å². The third-order valence-electron chi connectivity index (χ3n) is 6.01. The Balaban J connectivity index is 1.33. The second-order valence-electron chi connectivity index (χ2n) is 8.41. The molecule has 0 atom stereocenters. The fourth-order valence-electron chi connectivity index (χ4n) is 4.30. The molecule has 9 heteroatoms. The first-order chi connectivity index (χ1) is 18.1. The van der Waals surface area contributed by atoms with Gasteiger partial charge in [-0.1, -0.05) is 24.3 Å². The minimum Gasteiger partial charge on any atom is -0.486 e. The summed E-state index contributed by atoms with van der Waals surface area (Å²) in [6, 6.07) is 20.0. The predicted molar refractivity (Wildman–Crippen MR) is 136 cm³/mol. The first-order valence-electron chi connectivity index (χ1n) is 11.6. The molecular formula is C28H20N4O5. The standard InChI is InChI=1S/C28H20N4O5/c33-24(29-21-8-4-7-20-25(21)28(35)30-27(20)34)12-10-18-16-32(19-5-2-1-3-6-19)31-26(18)17-9-11-22-23(15-17)37-14-13-36-22/h1-12,15-16H,13-14H2,(H,29,33)(H,30,34,35)/b12-10+. The Morgan fingerprint density at radius 2 is 1.76 bits per heavy atom. The SMILES string of the molecule is O=C(/C=C/c1cn(-c2ccccc2)nc1-c1ccc2c(c1)OCCO2)Nc1cccc2c1C(=O)NC2=O. The average molecular weight is 492 g/mol. The van der Waals surface area contributed by atoms with Gasteiger partial charge >= 0.3 is 0 Å². The maximum absolute atomic E-state index is 12.8. The molecule has 0 spiro atoms. The highest BCUT2D eigenvalue weighted by Crippen LogP contribution is 2.35. The number of imide groups is 1. The van der Waals surface area contributed by atoms with Crippen molar-refractivity contribution in [2.45, 2.75) is 0 Å². The number of anilines is 1. The predicted octanol–water partition coefficient (Wildman–Crippen LogP) is 3.85. The molecule has 3 amide bonds. The monoisotopic (exact) mass is 492 g/mol. The van der Waals surface area contributed by atoms with Gasteiger partial charge in [-0.05, 0) is 48.5 Å². The van der Waals surface area contributed by atoms with Crippen molar-refractivity contribution in [1.29, 1.82) is 0 Å². The third kappa shape index (κ3) is 4.23. The zero-order valence-electron chi connectivity index (χ0n) is 19.4. The van der Waals surface area contributed by atoms with Crippen molar-refractivity contribution in [2.75, 3.05) is 18.5 Å². The second-order valence-corrected chi connectivity index (χ2v) is 8.41. The Bertz CT molecular complexity index is 1590. The number of hydrogen-bond acceptors (Lipinski definition) is 6. The van der Waals surface area contributed by atoms with Crippen LogP contribution in [0.5, 0.6) is 11.5 Å². The van der Waals surface area contributed by atoms with Crippen LogP contribution in [-0.2, 0) is 4.79 Å². The van der Waals surface area contributed by atoms with Crippen LogP contribution in [0.15, 0.2) is 79.0 Å². The number of aromatic nitrogens is 2. The molecule has 182 valence electrons. The maximum atomic E-state index is 12.8. The number of hydrogen-bond donors (Lipinski definition) is 2. The number of benzene rings is 3. The number of carbonyl (C=O) groups excluding carboxylic acids is 3. The summed E-state index contributed by atoms with van der Waals surface area (Å²) in [5.74, 6) is -0.168. The van der Waals surface area contributed by atoms with E-state index in [1.807, 2.05) is 54.7 Å². The molecule has 0 saturated carbocycles. The molecule has 3 heterocycles. The number of para-hydroxylation sites is 1. The Hall–Kier alpha value is -5.18. The largest absolute Gasteiger partial charge is 0.486 e. The molecule has 6 rings (SSSR count). The van der Waals surface area contributed by atoms with Crippen molar-refractivity contribution in [3.63, 3.8) is 0 Å². The topological polar surface area (TPSA) is 112 Å². The normalized spacial score (nSPS) is 13.9. The smallest absolute Gasteiger partial charge is 0.261 e. The molecule has 1 aromatic heterocycles. The summed E-state index contributed by atoms with van der Waals surface area (Å²) in [5, 5.41) is 9.72. The van der Waals surface area contributed by atoms with Gasteiger partial charge in [-0.15, -0.1) is 0 Å². The minimum absolute atomic E-state index is 0.156. The van der Waals surface area contributed by atoms with E-state index in [1.54, 1.807) is 29.0 Å². The summed E-state index contributed by atoms with van der Waals surface area (Å²) in [7, 11) is 0. The van der Waals surface area contributed by atoms with Gasteiger partial charge in [0, 0.05) is 23.4 Å². The molecule has 4 aromatic rings. The van der Waals surface area contributed by atoms with Crippen LogP contribution < -0.4 is 20.1 Å². The van der Waals surface area contributed by atoms with E-state index in [2.05, 4.69) is 10.6 Å². The van der Waals surface area contributed by atoms with E-state index in [0.717, 1.165) is 11.3 Å². The van der Waals surface area contributed by atoms with Gasteiger partial charge in [-0.2, -0.15) is 5.10 Å². The van der Waals surface area contributed by atoms with Gasteiger partial charge in [-0.3, -0.25) is 19.7 Å². The molecule has 0 radical (unpaired) electrons. The van der Waals surface area contributed by atoms with Crippen LogP contribution >= 0.6 is 0 Å². The lowest BCUT2D eigenvalue weighted by Crippen LogP contribution is -2.20. The molecule has 0 aliphatic carbocycles. The van der Waals surface area contributed by atoms with E-state index in [4.69, 9.17) is 14.6 Å².